The van der Waals surface area contributed by atoms with E-state index >= 15 is 0 Å². The van der Waals surface area contributed by atoms with Crippen LogP contribution in [-0.4, -0.2) is 30.3 Å². The summed E-state index contributed by atoms with van der Waals surface area (Å²) in [4.78, 5) is 4.45. The number of methoxy groups -OCH3 is 1. The summed E-state index contributed by atoms with van der Waals surface area (Å²) in [7, 11) is 1.65. The standard InChI is InChI=1S/C14H17N3O2/c1-18-12-4-2-11(3-5-12)14-16-13(17-19-14)8-10-6-7-15-9-10/h2-5,10,15H,6-9H2,1H3/t10-/m1/s1. The van der Waals surface area contributed by atoms with E-state index in [4.69, 9.17) is 9.26 Å². The second-order valence-electron chi connectivity index (χ2n) is 4.81. The number of benzene rings is 1. The first kappa shape index (κ1) is 12.2. The van der Waals surface area contributed by atoms with Gasteiger partial charge >= 0.3 is 0 Å². The largest absolute Gasteiger partial charge is 0.497 e. The molecular formula is C14H17N3O2. The molecule has 0 aliphatic carbocycles. The molecule has 3 rings (SSSR count). The zero-order chi connectivity index (χ0) is 13.1. The quantitative estimate of drug-likeness (QED) is 0.908. The number of nitrogens with zero attached hydrogens (tertiary/aromatic N) is 2. The molecule has 5 nitrogen and oxygen atoms in total. The van der Waals surface area contributed by atoms with Crippen molar-refractivity contribution in [2.45, 2.75) is 12.8 Å². The molecule has 1 aliphatic heterocycles. The third-order valence-corrected chi connectivity index (χ3v) is 3.44. The highest BCUT2D eigenvalue weighted by Gasteiger charge is 2.18. The Balaban J connectivity index is 1.72. The van der Waals surface area contributed by atoms with Crippen LogP contribution in [0.4, 0.5) is 0 Å². The van der Waals surface area contributed by atoms with Crippen molar-refractivity contribution in [2.24, 2.45) is 5.92 Å². The molecule has 1 aromatic heterocycles. The molecule has 1 aromatic carbocycles. The Hall–Kier alpha value is -1.88. The fourth-order valence-corrected chi connectivity index (χ4v) is 2.33. The van der Waals surface area contributed by atoms with Crippen LogP contribution >= 0.6 is 0 Å². The SMILES string of the molecule is COc1ccc(-c2nc(C[C@H]3CCNC3)no2)cc1. The molecule has 0 amide bonds. The lowest BCUT2D eigenvalue weighted by atomic mass is 10.1. The average molecular weight is 259 g/mol. The molecule has 5 heteroatoms. The van der Waals surface area contributed by atoms with Crippen LogP contribution in [0.3, 0.4) is 0 Å². The van der Waals surface area contributed by atoms with E-state index in [1.54, 1.807) is 7.11 Å². The first-order valence-corrected chi connectivity index (χ1v) is 6.53. The summed E-state index contributed by atoms with van der Waals surface area (Å²) >= 11 is 0. The van der Waals surface area contributed by atoms with Gasteiger partial charge in [0, 0.05) is 12.0 Å². The second-order valence-corrected chi connectivity index (χ2v) is 4.81. The minimum atomic E-state index is 0.573. The summed E-state index contributed by atoms with van der Waals surface area (Å²) in [6, 6.07) is 7.63. The summed E-state index contributed by atoms with van der Waals surface area (Å²) in [5.74, 6) is 2.81. The van der Waals surface area contributed by atoms with Gasteiger partial charge in [0.05, 0.1) is 7.11 Å². The van der Waals surface area contributed by atoms with Crippen molar-refractivity contribution in [1.29, 1.82) is 0 Å². The van der Waals surface area contributed by atoms with E-state index in [1.165, 1.54) is 6.42 Å². The second kappa shape index (κ2) is 5.40. The Morgan fingerprint density at radius 2 is 2.21 bits per heavy atom. The number of rotatable bonds is 4. The number of hydrogen-bond donors (Lipinski definition) is 1. The maximum atomic E-state index is 5.31. The van der Waals surface area contributed by atoms with E-state index in [2.05, 4.69) is 15.5 Å². The first-order chi connectivity index (χ1) is 9.35. The average Bonchev–Trinajstić information content (AvgIpc) is 3.11. The van der Waals surface area contributed by atoms with Gasteiger partial charge in [-0.1, -0.05) is 5.16 Å². The molecule has 0 radical (unpaired) electrons. The monoisotopic (exact) mass is 259 g/mol. The van der Waals surface area contributed by atoms with Crippen LogP contribution < -0.4 is 10.1 Å². The fraction of sp³-hybridized carbons (Fsp3) is 0.429. The lowest BCUT2D eigenvalue weighted by molar-refractivity contribution is 0.412. The smallest absolute Gasteiger partial charge is 0.257 e. The number of hydrogen-bond acceptors (Lipinski definition) is 5. The Morgan fingerprint density at radius 3 is 2.89 bits per heavy atom. The molecule has 0 saturated carbocycles. The number of nitrogens with one attached hydrogen (secondary N) is 1. The maximum absolute atomic E-state index is 5.31. The zero-order valence-electron chi connectivity index (χ0n) is 10.9. The van der Waals surface area contributed by atoms with Gasteiger partial charge in [0.2, 0.25) is 0 Å². The first-order valence-electron chi connectivity index (χ1n) is 6.53. The summed E-state index contributed by atoms with van der Waals surface area (Å²) in [6.45, 7) is 2.14. The highest BCUT2D eigenvalue weighted by molar-refractivity contribution is 5.54. The van der Waals surface area contributed by atoms with Gasteiger partial charge in [-0.2, -0.15) is 4.98 Å². The molecule has 2 heterocycles. The van der Waals surface area contributed by atoms with Crippen molar-refractivity contribution in [3.8, 4) is 17.2 Å². The van der Waals surface area contributed by atoms with E-state index in [9.17, 15) is 0 Å². The van der Waals surface area contributed by atoms with Crippen LogP contribution in [0.1, 0.15) is 12.2 Å². The molecule has 2 aromatic rings. The summed E-state index contributed by atoms with van der Waals surface area (Å²) < 4.78 is 10.4. The van der Waals surface area contributed by atoms with Crippen molar-refractivity contribution in [2.75, 3.05) is 20.2 Å². The van der Waals surface area contributed by atoms with Crippen molar-refractivity contribution in [1.82, 2.24) is 15.5 Å². The van der Waals surface area contributed by atoms with Gasteiger partial charge in [-0.15, -0.1) is 0 Å². The van der Waals surface area contributed by atoms with Crippen LogP contribution in [0.5, 0.6) is 5.75 Å². The minimum Gasteiger partial charge on any atom is -0.497 e. The van der Waals surface area contributed by atoms with Crippen LogP contribution in [0.25, 0.3) is 11.5 Å². The third-order valence-electron chi connectivity index (χ3n) is 3.44. The highest BCUT2D eigenvalue weighted by Crippen LogP contribution is 2.21. The number of aromatic nitrogens is 2. The summed E-state index contributed by atoms with van der Waals surface area (Å²) in [6.07, 6.45) is 2.07. The molecule has 0 bridgehead atoms. The van der Waals surface area contributed by atoms with Gasteiger partial charge < -0.3 is 14.6 Å². The fourth-order valence-electron chi connectivity index (χ4n) is 2.33. The molecule has 1 atom stereocenters. The lowest BCUT2D eigenvalue weighted by Crippen LogP contribution is -2.11. The van der Waals surface area contributed by atoms with Crippen molar-refractivity contribution in [3.05, 3.63) is 30.1 Å². The minimum absolute atomic E-state index is 0.573. The van der Waals surface area contributed by atoms with E-state index in [-0.39, 0.29) is 0 Å². The molecule has 0 unspecified atom stereocenters. The van der Waals surface area contributed by atoms with Gasteiger partial charge in [-0.05, 0) is 49.7 Å². The molecule has 0 spiro atoms. The predicted molar refractivity (Wildman–Crippen MR) is 71.0 cm³/mol. The number of ether oxygens (including phenoxy) is 1. The highest BCUT2D eigenvalue weighted by atomic mass is 16.5. The molecule has 1 saturated heterocycles. The summed E-state index contributed by atoms with van der Waals surface area (Å²) in [5.41, 5.74) is 0.920. The molecule has 1 fully saturated rings. The van der Waals surface area contributed by atoms with Gasteiger partial charge in [-0.3, -0.25) is 0 Å². The van der Waals surface area contributed by atoms with Crippen molar-refractivity contribution >= 4 is 0 Å². The van der Waals surface area contributed by atoms with Gasteiger partial charge in [0.25, 0.3) is 5.89 Å². The van der Waals surface area contributed by atoms with Crippen molar-refractivity contribution in [3.63, 3.8) is 0 Å². The van der Waals surface area contributed by atoms with Crippen LogP contribution in [-0.2, 0) is 6.42 Å². The van der Waals surface area contributed by atoms with E-state index in [0.717, 1.165) is 36.6 Å². The Bertz CT molecular complexity index is 530. The molecule has 100 valence electrons. The normalized spacial score (nSPS) is 18.7. The van der Waals surface area contributed by atoms with Gasteiger partial charge in [0.1, 0.15) is 5.75 Å². The zero-order valence-corrected chi connectivity index (χ0v) is 10.9. The topological polar surface area (TPSA) is 60.2 Å². The summed E-state index contributed by atoms with van der Waals surface area (Å²) in [5, 5.41) is 7.40. The Morgan fingerprint density at radius 1 is 1.37 bits per heavy atom. The molecule has 1 aliphatic rings. The predicted octanol–water partition coefficient (Wildman–Crippen LogP) is 1.90. The van der Waals surface area contributed by atoms with Gasteiger partial charge in [0.15, 0.2) is 5.82 Å². The lowest BCUT2D eigenvalue weighted by Gasteiger charge is -2.02. The molecule has 1 N–H and O–H groups in total. The van der Waals surface area contributed by atoms with Crippen molar-refractivity contribution < 1.29 is 9.26 Å². The maximum Gasteiger partial charge on any atom is 0.257 e. The molecule has 19 heavy (non-hydrogen) atoms. The van der Waals surface area contributed by atoms with E-state index < -0.39 is 0 Å². The van der Waals surface area contributed by atoms with Crippen LogP contribution in [0.15, 0.2) is 28.8 Å². The van der Waals surface area contributed by atoms with E-state index in [1.807, 2.05) is 24.3 Å². The van der Waals surface area contributed by atoms with Crippen LogP contribution in [0.2, 0.25) is 0 Å². The third kappa shape index (κ3) is 2.76. The van der Waals surface area contributed by atoms with Gasteiger partial charge in [-0.25, -0.2) is 0 Å². The Labute approximate surface area is 112 Å². The van der Waals surface area contributed by atoms with E-state index in [0.29, 0.717) is 11.8 Å². The Kier molecular flexibility index (Phi) is 3.46. The molecular weight excluding hydrogens is 242 g/mol. The van der Waals surface area contributed by atoms with Crippen LogP contribution in [0, 0.1) is 5.92 Å².